The molecule has 2 spiro atoms. The summed E-state index contributed by atoms with van der Waals surface area (Å²) in [5, 5.41) is 2.84. The number of ether oxygens (including phenoxy) is 3. The summed E-state index contributed by atoms with van der Waals surface area (Å²) in [6, 6.07) is 5.40. The summed E-state index contributed by atoms with van der Waals surface area (Å²) in [6.45, 7) is 6.93. The van der Waals surface area contributed by atoms with Crippen LogP contribution in [-0.2, 0) is 19.8 Å². The molecular weight excluding hydrogens is 458 g/mol. The summed E-state index contributed by atoms with van der Waals surface area (Å²) < 4.78 is 44.0. The summed E-state index contributed by atoms with van der Waals surface area (Å²) in [6.07, 6.45) is 1.91. The minimum absolute atomic E-state index is 0.0731. The van der Waals surface area contributed by atoms with Gasteiger partial charge in [-0.2, -0.15) is 0 Å². The Morgan fingerprint density at radius 2 is 2.03 bits per heavy atom. The lowest BCUT2D eigenvalue weighted by Gasteiger charge is -2.61. The van der Waals surface area contributed by atoms with Crippen molar-refractivity contribution >= 4 is 23.8 Å². The Labute approximate surface area is 201 Å². The largest absolute Gasteiger partial charge is 0.487 e. The third-order valence-corrected chi connectivity index (χ3v) is 7.42. The standard InChI is InChI=1S/C25H28F2N4O4/c1-14-4-5-15(20(26)27)10-29-18(8-14)21(32)30-16-6-7-19-17(9-16)25(13-34-22(28)31-25)24(11-33-12-24)23(2,3)35-19/h5-10,14,20H,4,11-13H2,1-3H3,(H2,28,31)(H,30,32). The normalized spacial score (nSPS) is 28.1. The van der Waals surface area contributed by atoms with Crippen molar-refractivity contribution in [2.75, 3.05) is 25.1 Å². The number of allylic oxidation sites excluding steroid dienone is 3. The highest BCUT2D eigenvalue weighted by molar-refractivity contribution is 6.05. The molecule has 10 heteroatoms. The second-order valence-corrected chi connectivity index (χ2v) is 9.98. The van der Waals surface area contributed by atoms with Crippen LogP contribution in [0.2, 0.25) is 0 Å². The molecule has 1 aromatic carbocycles. The molecule has 0 radical (unpaired) electrons. The average molecular weight is 487 g/mol. The minimum Gasteiger partial charge on any atom is -0.487 e. The molecule has 4 aliphatic rings. The summed E-state index contributed by atoms with van der Waals surface area (Å²) in [7, 11) is 0. The number of halogens is 2. The Bertz CT molecular complexity index is 1190. The van der Waals surface area contributed by atoms with Crippen LogP contribution in [-0.4, -0.2) is 50.0 Å². The van der Waals surface area contributed by atoms with Gasteiger partial charge >= 0.3 is 0 Å². The molecule has 8 nitrogen and oxygen atoms in total. The Morgan fingerprint density at radius 3 is 2.66 bits per heavy atom. The fourth-order valence-corrected chi connectivity index (χ4v) is 5.23. The first-order valence-electron chi connectivity index (χ1n) is 11.5. The lowest BCUT2D eigenvalue weighted by molar-refractivity contribution is -0.247. The van der Waals surface area contributed by atoms with E-state index in [9.17, 15) is 13.6 Å². The van der Waals surface area contributed by atoms with Crippen molar-refractivity contribution in [3.05, 3.63) is 47.2 Å². The summed E-state index contributed by atoms with van der Waals surface area (Å²) in [4.78, 5) is 21.8. The number of hydrogen-bond donors (Lipinski definition) is 2. The van der Waals surface area contributed by atoms with Gasteiger partial charge in [0.1, 0.15) is 29.2 Å². The molecule has 4 aliphatic heterocycles. The molecule has 186 valence electrons. The van der Waals surface area contributed by atoms with E-state index in [1.165, 1.54) is 6.08 Å². The number of fused-ring (bicyclic) bond motifs is 3. The van der Waals surface area contributed by atoms with Crippen molar-refractivity contribution in [1.82, 2.24) is 0 Å². The first-order valence-corrected chi connectivity index (χ1v) is 11.5. The maximum absolute atomic E-state index is 13.2. The van der Waals surface area contributed by atoms with Crippen molar-refractivity contribution in [2.24, 2.45) is 27.1 Å². The first kappa shape index (κ1) is 23.5. The van der Waals surface area contributed by atoms with E-state index in [0.717, 1.165) is 11.8 Å². The topological polar surface area (TPSA) is 108 Å². The first-order chi connectivity index (χ1) is 16.6. The van der Waals surface area contributed by atoms with Crippen LogP contribution < -0.4 is 15.8 Å². The molecule has 1 amide bonds. The maximum Gasteiger partial charge on any atom is 0.283 e. The van der Waals surface area contributed by atoms with Gasteiger partial charge in [-0.15, -0.1) is 0 Å². The average Bonchev–Trinajstić information content (AvgIpc) is 3.11. The van der Waals surface area contributed by atoms with Crippen LogP contribution in [0.15, 0.2) is 51.6 Å². The third kappa shape index (κ3) is 3.62. The maximum atomic E-state index is 13.2. The Morgan fingerprint density at radius 1 is 1.26 bits per heavy atom. The highest BCUT2D eigenvalue weighted by Gasteiger charge is 2.71. The van der Waals surface area contributed by atoms with Crippen LogP contribution in [0.3, 0.4) is 0 Å². The molecular formula is C25H28F2N4O4. The van der Waals surface area contributed by atoms with Crippen molar-refractivity contribution in [1.29, 1.82) is 0 Å². The van der Waals surface area contributed by atoms with Gasteiger partial charge in [0, 0.05) is 23.0 Å². The molecule has 1 saturated heterocycles. The molecule has 0 aromatic heterocycles. The number of amidine groups is 1. The van der Waals surface area contributed by atoms with Gasteiger partial charge in [-0.1, -0.05) is 13.0 Å². The zero-order valence-electron chi connectivity index (χ0n) is 19.8. The Hall–Kier alpha value is -3.27. The highest BCUT2D eigenvalue weighted by Crippen LogP contribution is 2.62. The second-order valence-electron chi connectivity index (χ2n) is 9.98. The molecule has 35 heavy (non-hydrogen) atoms. The predicted octanol–water partition coefficient (Wildman–Crippen LogP) is 3.54. The fraction of sp³-hybridized carbons (Fsp3) is 0.480. The van der Waals surface area contributed by atoms with E-state index in [4.69, 9.17) is 24.9 Å². The van der Waals surface area contributed by atoms with Crippen LogP contribution in [0, 0.1) is 11.3 Å². The monoisotopic (exact) mass is 486 g/mol. The highest BCUT2D eigenvalue weighted by atomic mass is 19.3. The molecule has 4 heterocycles. The molecule has 2 unspecified atom stereocenters. The second kappa shape index (κ2) is 8.15. The van der Waals surface area contributed by atoms with Crippen molar-refractivity contribution in [2.45, 2.75) is 44.8 Å². The molecule has 0 aliphatic carbocycles. The quantitative estimate of drug-likeness (QED) is 0.680. The van der Waals surface area contributed by atoms with E-state index < -0.39 is 28.9 Å². The van der Waals surface area contributed by atoms with Crippen LogP contribution in [0.1, 0.15) is 32.8 Å². The summed E-state index contributed by atoms with van der Waals surface area (Å²) in [5.41, 5.74) is 5.13. The lowest BCUT2D eigenvalue weighted by atomic mass is 9.55. The van der Waals surface area contributed by atoms with Crippen molar-refractivity contribution in [3.63, 3.8) is 0 Å². The van der Waals surface area contributed by atoms with Gasteiger partial charge in [0.25, 0.3) is 18.4 Å². The zero-order chi connectivity index (χ0) is 25.0. The molecule has 2 atom stereocenters. The van der Waals surface area contributed by atoms with E-state index in [1.54, 1.807) is 24.3 Å². The van der Waals surface area contributed by atoms with Crippen LogP contribution >= 0.6 is 0 Å². The number of amides is 1. The lowest BCUT2D eigenvalue weighted by Crippen LogP contribution is -2.71. The van der Waals surface area contributed by atoms with Crippen LogP contribution in [0.25, 0.3) is 0 Å². The number of nitrogens with one attached hydrogen (secondary N) is 1. The number of aliphatic imine (C=N–C) groups is 2. The molecule has 5 rings (SSSR count). The number of nitrogens with zero attached hydrogens (tertiary/aromatic N) is 2. The fourth-order valence-electron chi connectivity index (χ4n) is 5.23. The molecule has 1 aromatic rings. The summed E-state index contributed by atoms with van der Waals surface area (Å²) in [5.74, 6) is -0.00559. The Kier molecular flexibility index (Phi) is 5.47. The summed E-state index contributed by atoms with van der Waals surface area (Å²) >= 11 is 0. The Balaban J connectivity index is 1.49. The predicted molar refractivity (Wildman–Crippen MR) is 127 cm³/mol. The molecule has 1 fully saturated rings. The van der Waals surface area contributed by atoms with Gasteiger partial charge in [-0.3, -0.25) is 9.79 Å². The molecule has 0 bridgehead atoms. The van der Waals surface area contributed by atoms with Gasteiger partial charge in [-0.05, 0) is 50.5 Å². The van der Waals surface area contributed by atoms with E-state index in [0.29, 0.717) is 31.1 Å². The number of anilines is 1. The van der Waals surface area contributed by atoms with E-state index in [1.807, 2.05) is 20.8 Å². The van der Waals surface area contributed by atoms with Crippen LogP contribution in [0.5, 0.6) is 5.75 Å². The number of carbonyl (C=O) groups is 1. The number of nitrogens with two attached hydrogens (primary N) is 1. The van der Waals surface area contributed by atoms with Gasteiger partial charge in [-0.25, -0.2) is 13.8 Å². The van der Waals surface area contributed by atoms with E-state index in [-0.39, 0.29) is 29.8 Å². The number of alkyl halides is 2. The minimum atomic E-state index is -2.65. The molecule has 0 saturated carbocycles. The smallest absolute Gasteiger partial charge is 0.283 e. The van der Waals surface area contributed by atoms with Crippen LogP contribution in [0.4, 0.5) is 14.5 Å². The number of rotatable bonds is 3. The van der Waals surface area contributed by atoms with Gasteiger partial charge < -0.3 is 25.3 Å². The SMILES string of the molecule is CC1C=C(C(=O)Nc2ccc3c(c2)C2(COC(N)=N2)C2(COC2)C(C)(C)O3)N=CC(C(F)F)=CC1. The van der Waals surface area contributed by atoms with E-state index in [2.05, 4.69) is 10.3 Å². The number of benzene rings is 1. The van der Waals surface area contributed by atoms with Gasteiger partial charge in [0.2, 0.25) is 0 Å². The number of carbonyl (C=O) groups excluding carboxylic acids is 1. The molecule has 3 N–H and O–H groups in total. The van der Waals surface area contributed by atoms with Crippen molar-refractivity contribution < 1.29 is 27.8 Å². The third-order valence-electron chi connectivity index (χ3n) is 7.42. The van der Waals surface area contributed by atoms with Gasteiger partial charge in [0.05, 0.1) is 18.6 Å². The van der Waals surface area contributed by atoms with Crippen molar-refractivity contribution in [3.8, 4) is 5.75 Å². The van der Waals surface area contributed by atoms with Gasteiger partial charge in [0.15, 0.2) is 0 Å². The zero-order valence-corrected chi connectivity index (χ0v) is 19.8. The van der Waals surface area contributed by atoms with E-state index >= 15 is 0 Å². The number of hydrogen-bond acceptors (Lipinski definition) is 7.